The summed E-state index contributed by atoms with van der Waals surface area (Å²) in [5.41, 5.74) is 0.666. The zero-order valence-corrected chi connectivity index (χ0v) is 19.2. The summed E-state index contributed by atoms with van der Waals surface area (Å²) in [5.74, 6) is -0.631. The Bertz CT molecular complexity index is 1060. The van der Waals surface area contributed by atoms with E-state index in [4.69, 9.17) is 0 Å². The summed E-state index contributed by atoms with van der Waals surface area (Å²) in [6.45, 7) is 5.60. The van der Waals surface area contributed by atoms with Crippen molar-refractivity contribution in [2.45, 2.75) is 33.2 Å². The third-order valence-corrected chi connectivity index (χ3v) is 6.26. The van der Waals surface area contributed by atoms with E-state index >= 15 is 0 Å². The number of carbonyl (C=O) groups is 2. The Morgan fingerprint density at radius 1 is 1.19 bits per heavy atom. The van der Waals surface area contributed by atoms with Crippen LogP contribution in [-0.4, -0.2) is 16.8 Å². The first-order chi connectivity index (χ1) is 14.8. The first-order valence-corrected chi connectivity index (χ1v) is 11.6. The number of benzene rings is 1. The summed E-state index contributed by atoms with van der Waals surface area (Å²) < 4.78 is 14.2. The highest BCUT2D eigenvalue weighted by Gasteiger charge is 2.21. The van der Waals surface area contributed by atoms with Crippen molar-refractivity contribution in [3.8, 4) is 0 Å². The van der Waals surface area contributed by atoms with Gasteiger partial charge in [-0.25, -0.2) is 9.37 Å². The number of thiazole rings is 1. The van der Waals surface area contributed by atoms with Crippen LogP contribution in [0.2, 0.25) is 0 Å². The van der Waals surface area contributed by atoms with Crippen LogP contribution in [0.25, 0.3) is 6.08 Å². The number of amides is 2. The first-order valence-electron chi connectivity index (χ1n) is 9.88. The van der Waals surface area contributed by atoms with Gasteiger partial charge in [0.1, 0.15) is 5.82 Å². The molecule has 0 radical (unpaired) electrons. The van der Waals surface area contributed by atoms with E-state index in [0.717, 1.165) is 11.3 Å². The Kier molecular flexibility index (Phi) is 7.70. The molecule has 1 unspecified atom stereocenters. The van der Waals surface area contributed by atoms with Gasteiger partial charge in [-0.1, -0.05) is 32.0 Å². The molecule has 31 heavy (non-hydrogen) atoms. The van der Waals surface area contributed by atoms with E-state index in [2.05, 4.69) is 24.1 Å². The Morgan fingerprint density at radius 2 is 1.97 bits per heavy atom. The molecular weight excluding hydrogens is 433 g/mol. The molecule has 0 aliphatic carbocycles. The maximum atomic E-state index is 14.2. The normalized spacial score (nSPS) is 12.3. The fourth-order valence-electron chi connectivity index (χ4n) is 3.08. The third kappa shape index (κ3) is 6.08. The minimum atomic E-state index is -0.505. The Morgan fingerprint density at radius 3 is 2.61 bits per heavy atom. The first kappa shape index (κ1) is 22.8. The molecule has 1 atom stereocenters. The van der Waals surface area contributed by atoms with Crippen molar-refractivity contribution < 1.29 is 14.0 Å². The quantitative estimate of drug-likeness (QED) is 0.426. The number of nitrogens with one attached hydrogen (secondary N) is 1. The summed E-state index contributed by atoms with van der Waals surface area (Å²) in [6, 6.07) is 10.0. The Balaban J connectivity index is 1.72. The second kappa shape index (κ2) is 10.5. The van der Waals surface area contributed by atoms with E-state index in [0.29, 0.717) is 16.7 Å². The molecule has 8 heteroatoms. The molecule has 0 spiro atoms. The number of hydrogen-bond donors (Lipinski definition) is 1. The van der Waals surface area contributed by atoms with Crippen LogP contribution in [-0.2, 0) is 9.59 Å². The lowest BCUT2D eigenvalue weighted by molar-refractivity contribution is -0.117. The number of nitrogens with zero attached hydrogens (tertiary/aromatic N) is 2. The van der Waals surface area contributed by atoms with E-state index in [1.807, 2.05) is 17.5 Å². The van der Waals surface area contributed by atoms with Crippen molar-refractivity contribution in [1.29, 1.82) is 0 Å². The average Bonchev–Trinajstić information content (AvgIpc) is 3.39. The van der Waals surface area contributed by atoms with Crippen molar-refractivity contribution in [1.82, 2.24) is 10.3 Å². The summed E-state index contributed by atoms with van der Waals surface area (Å²) in [4.78, 5) is 31.4. The number of anilines is 2. The topological polar surface area (TPSA) is 62.3 Å². The van der Waals surface area contributed by atoms with Gasteiger partial charge in [0, 0.05) is 23.3 Å². The van der Waals surface area contributed by atoms with Crippen molar-refractivity contribution in [3.63, 3.8) is 0 Å². The zero-order valence-electron chi connectivity index (χ0n) is 17.5. The standard InChI is InChI=1S/C23H24FN3O2S2/c1-15(2)13-19(21-9-6-12-30-21)26-22(29)11-10-17-14-31-23(25-17)27(16(3)28)20-8-5-4-7-18(20)24/h4-12,14-15,19H,13H2,1-3H3,(H,26,29)/b11-10+. The van der Waals surface area contributed by atoms with Crippen LogP contribution in [0.3, 0.4) is 0 Å². The van der Waals surface area contributed by atoms with Crippen LogP contribution in [0.4, 0.5) is 15.2 Å². The number of halogens is 1. The van der Waals surface area contributed by atoms with E-state index in [1.54, 1.807) is 34.9 Å². The van der Waals surface area contributed by atoms with Crippen LogP contribution in [0.15, 0.2) is 53.2 Å². The molecule has 2 heterocycles. The Labute approximate surface area is 189 Å². The van der Waals surface area contributed by atoms with E-state index in [1.165, 1.54) is 41.4 Å². The van der Waals surface area contributed by atoms with Crippen LogP contribution in [0.5, 0.6) is 0 Å². The maximum absolute atomic E-state index is 14.2. The molecule has 0 fully saturated rings. The number of aromatic nitrogens is 1. The van der Waals surface area contributed by atoms with Gasteiger partial charge in [0.2, 0.25) is 11.8 Å². The fourth-order valence-corrected chi connectivity index (χ4v) is 4.72. The smallest absolute Gasteiger partial charge is 0.244 e. The van der Waals surface area contributed by atoms with Crippen molar-refractivity contribution in [3.05, 3.63) is 69.6 Å². The third-order valence-electron chi connectivity index (χ3n) is 4.43. The van der Waals surface area contributed by atoms with Gasteiger partial charge >= 0.3 is 0 Å². The van der Waals surface area contributed by atoms with Gasteiger partial charge in [0.05, 0.1) is 17.4 Å². The molecule has 162 valence electrons. The molecule has 0 saturated heterocycles. The van der Waals surface area contributed by atoms with Crippen LogP contribution < -0.4 is 10.2 Å². The van der Waals surface area contributed by atoms with Gasteiger partial charge in [0.15, 0.2) is 5.13 Å². The molecule has 2 aromatic heterocycles. The van der Waals surface area contributed by atoms with E-state index < -0.39 is 5.82 Å². The Hall–Kier alpha value is -2.84. The highest BCUT2D eigenvalue weighted by molar-refractivity contribution is 7.14. The number of hydrogen-bond acceptors (Lipinski definition) is 5. The van der Waals surface area contributed by atoms with Crippen molar-refractivity contribution >= 4 is 51.4 Å². The van der Waals surface area contributed by atoms with Gasteiger partial charge in [-0.15, -0.1) is 22.7 Å². The predicted octanol–water partition coefficient (Wildman–Crippen LogP) is 5.95. The second-order valence-corrected chi connectivity index (χ2v) is 9.22. The monoisotopic (exact) mass is 457 g/mol. The maximum Gasteiger partial charge on any atom is 0.244 e. The van der Waals surface area contributed by atoms with Gasteiger partial charge in [-0.2, -0.15) is 0 Å². The molecule has 0 bridgehead atoms. The lowest BCUT2D eigenvalue weighted by Crippen LogP contribution is -2.27. The van der Waals surface area contributed by atoms with Gasteiger partial charge < -0.3 is 5.32 Å². The van der Waals surface area contributed by atoms with Gasteiger partial charge in [-0.05, 0) is 42.0 Å². The van der Waals surface area contributed by atoms with Crippen LogP contribution in [0.1, 0.15) is 43.8 Å². The highest BCUT2D eigenvalue weighted by atomic mass is 32.1. The highest BCUT2D eigenvalue weighted by Crippen LogP contribution is 2.31. The SMILES string of the molecule is CC(=O)N(c1nc(/C=C/C(=O)NC(CC(C)C)c2cccs2)cs1)c1ccccc1F. The summed E-state index contributed by atoms with van der Waals surface area (Å²) >= 11 is 2.83. The average molecular weight is 458 g/mol. The minimum absolute atomic E-state index is 0.0441. The summed E-state index contributed by atoms with van der Waals surface area (Å²) in [5, 5.41) is 7.11. The molecule has 2 amide bonds. The molecule has 5 nitrogen and oxygen atoms in total. The van der Waals surface area contributed by atoms with Gasteiger partial charge in [0.25, 0.3) is 0 Å². The summed E-state index contributed by atoms with van der Waals surface area (Å²) in [6.07, 6.45) is 3.87. The molecular formula is C23H24FN3O2S2. The lowest BCUT2D eigenvalue weighted by Gasteiger charge is -2.18. The number of thiophene rings is 1. The number of carbonyl (C=O) groups excluding carboxylic acids is 2. The minimum Gasteiger partial charge on any atom is -0.345 e. The van der Waals surface area contributed by atoms with Gasteiger partial charge in [-0.3, -0.25) is 14.5 Å². The van der Waals surface area contributed by atoms with E-state index in [-0.39, 0.29) is 23.5 Å². The molecule has 1 aromatic carbocycles. The van der Waals surface area contributed by atoms with Crippen molar-refractivity contribution in [2.75, 3.05) is 4.90 Å². The number of para-hydroxylation sites is 1. The zero-order chi connectivity index (χ0) is 22.4. The lowest BCUT2D eigenvalue weighted by atomic mass is 10.0. The van der Waals surface area contributed by atoms with Crippen molar-refractivity contribution in [2.24, 2.45) is 5.92 Å². The number of rotatable bonds is 8. The van der Waals surface area contributed by atoms with Crippen LogP contribution in [0, 0.1) is 11.7 Å². The predicted molar refractivity (Wildman–Crippen MR) is 125 cm³/mol. The second-order valence-electron chi connectivity index (χ2n) is 7.40. The molecule has 0 saturated carbocycles. The molecule has 0 aliphatic heterocycles. The molecule has 3 rings (SSSR count). The fraction of sp³-hybridized carbons (Fsp3) is 0.261. The molecule has 0 aliphatic rings. The molecule has 1 N–H and O–H groups in total. The summed E-state index contributed by atoms with van der Waals surface area (Å²) in [7, 11) is 0. The molecule has 3 aromatic rings. The van der Waals surface area contributed by atoms with Crippen LogP contribution >= 0.6 is 22.7 Å². The van der Waals surface area contributed by atoms with E-state index in [9.17, 15) is 14.0 Å². The largest absolute Gasteiger partial charge is 0.345 e.